The number of ketones is 1. The second-order valence-corrected chi connectivity index (χ2v) is 5.25. The average Bonchev–Trinajstić information content (AvgIpc) is 2.72. The maximum absolute atomic E-state index is 11.9. The number of hydrogen-bond donors (Lipinski definition) is 0. The van der Waals surface area contributed by atoms with Crippen molar-refractivity contribution < 1.29 is 9.53 Å². The molecule has 1 aliphatic heterocycles. The van der Waals surface area contributed by atoms with Gasteiger partial charge in [-0.25, -0.2) is 0 Å². The molecule has 0 aliphatic carbocycles. The van der Waals surface area contributed by atoms with Crippen molar-refractivity contribution in [3.05, 3.63) is 12.7 Å². The molecule has 80 valence electrons. The Morgan fingerprint density at radius 2 is 2.14 bits per heavy atom. The zero-order valence-electron chi connectivity index (χ0n) is 9.59. The predicted octanol–water partition coefficient (Wildman–Crippen LogP) is 2.73. The van der Waals surface area contributed by atoms with E-state index in [0.717, 1.165) is 12.8 Å². The van der Waals surface area contributed by atoms with Crippen LogP contribution in [0.1, 0.15) is 40.5 Å². The summed E-state index contributed by atoms with van der Waals surface area (Å²) in [7, 11) is 0. The summed E-state index contributed by atoms with van der Waals surface area (Å²) in [6.45, 7) is 11.5. The van der Waals surface area contributed by atoms with Crippen molar-refractivity contribution in [1.82, 2.24) is 0 Å². The van der Waals surface area contributed by atoms with Crippen LogP contribution in [0, 0.1) is 5.41 Å². The van der Waals surface area contributed by atoms with Crippen molar-refractivity contribution in [1.29, 1.82) is 0 Å². The Morgan fingerprint density at radius 1 is 1.57 bits per heavy atom. The van der Waals surface area contributed by atoms with Crippen LogP contribution in [0.25, 0.3) is 0 Å². The van der Waals surface area contributed by atoms with E-state index in [1.807, 2.05) is 33.8 Å². The number of ether oxygens (including phenoxy) is 1. The first-order chi connectivity index (χ1) is 6.31. The van der Waals surface area contributed by atoms with Crippen molar-refractivity contribution >= 4 is 5.78 Å². The second-order valence-electron chi connectivity index (χ2n) is 5.25. The summed E-state index contributed by atoms with van der Waals surface area (Å²) in [5.74, 6) is 0.212. The Labute approximate surface area is 86.3 Å². The maximum Gasteiger partial charge on any atom is 0.169 e. The number of epoxide rings is 1. The fourth-order valence-electron chi connectivity index (χ4n) is 1.54. The van der Waals surface area contributed by atoms with E-state index in [1.54, 1.807) is 0 Å². The molecule has 0 spiro atoms. The number of hydrogen-bond acceptors (Lipinski definition) is 2. The Bertz CT molecular complexity index is 250. The first-order valence-electron chi connectivity index (χ1n) is 5.14. The quantitative estimate of drug-likeness (QED) is 0.511. The Morgan fingerprint density at radius 3 is 2.57 bits per heavy atom. The van der Waals surface area contributed by atoms with Crippen LogP contribution in [-0.2, 0) is 9.53 Å². The van der Waals surface area contributed by atoms with Crippen LogP contribution in [0.15, 0.2) is 12.7 Å². The lowest BCUT2D eigenvalue weighted by molar-refractivity contribution is -0.127. The van der Waals surface area contributed by atoms with Crippen LogP contribution in [0.4, 0.5) is 0 Å². The van der Waals surface area contributed by atoms with E-state index in [4.69, 9.17) is 4.74 Å². The standard InChI is InChI=1S/C12H20O2/c1-6-7-8-12(5)10(14-12)9(13)11(2,3)4/h6,10H,1,7-8H2,2-5H3/t10?,12-/m1/s1. The normalized spacial score (nSPS) is 31.3. The van der Waals surface area contributed by atoms with Crippen molar-refractivity contribution in [2.75, 3.05) is 0 Å². The van der Waals surface area contributed by atoms with Gasteiger partial charge in [-0.1, -0.05) is 26.8 Å². The molecule has 2 nitrogen and oxygen atoms in total. The van der Waals surface area contributed by atoms with Crippen LogP contribution < -0.4 is 0 Å². The van der Waals surface area contributed by atoms with Gasteiger partial charge >= 0.3 is 0 Å². The van der Waals surface area contributed by atoms with E-state index < -0.39 is 0 Å². The van der Waals surface area contributed by atoms with E-state index in [0.29, 0.717) is 0 Å². The molecule has 14 heavy (non-hydrogen) atoms. The molecule has 0 N–H and O–H groups in total. The molecule has 1 saturated heterocycles. The summed E-state index contributed by atoms with van der Waals surface area (Å²) < 4.78 is 5.50. The van der Waals surface area contributed by atoms with E-state index in [2.05, 4.69) is 6.58 Å². The Hall–Kier alpha value is -0.630. The lowest BCUT2D eigenvalue weighted by Gasteiger charge is -2.15. The number of Topliss-reactive ketones (excluding diaryl/α,β-unsaturated/α-hetero) is 1. The summed E-state index contributed by atoms with van der Waals surface area (Å²) in [4.78, 5) is 11.9. The molecule has 1 heterocycles. The van der Waals surface area contributed by atoms with Gasteiger partial charge < -0.3 is 4.74 Å². The molecule has 0 aromatic heterocycles. The molecule has 0 radical (unpaired) electrons. The Kier molecular flexibility index (Phi) is 2.86. The molecular formula is C12H20O2. The summed E-state index contributed by atoms with van der Waals surface area (Å²) in [6, 6.07) is 0. The lowest BCUT2D eigenvalue weighted by atomic mass is 9.84. The summed E-state index contributed by atoms with van der Waals surface area (Å²) in [5, 5.41) is 0. The first-order valence-corrected chi connectivity index (χ1v) is 5.14. The van der Waals surface area contributed by atoms with Crippen LogP contribution in [0.5, 0.6) is 0 Å². The smallest absolute Gasteiger partial charge is 0.169 e. The van der Waals surface area contributed by atoms with Crippen LogP contribution in [0.2, 0.25) is 0 Å². The third kappa shape index (κ3) is 2.24. The molecule has 2 heteroatoms. The topological polar surface area (TPSA) is 29.6 Å². The molecule has 0 aromatic carbocycles. The second kappa shape index (κ2) is 3.50. The van der Waals surface area contributed by atoms with Crippen molar-refractivity contribution in [2.24, 2.45) is 5.41 Å². The molecule has 0 amide bonds. The molecular weight excluding hydrogens is 176 g/mol. The monoisotopic (exact) mass is 196 g/mol. The molecule has 0 bridgehead atoms. The minimum Gasteiger partial charge on any atom is -0.358 e. The van der Waals surface area contributed by atoms with Crippen LogP contribution in [0.3, 0.4) is 0 Å². The van der Waals surface area contributed by atoms with E-state index in [9.17, 15) is 4.79 Å². The number of allylic oxidation sites excluding steroid dienone is 1. The van der Waals surface area contributed by atoms with Crippen molar-refractivity contribution in [3.8, 4) is 0 Å². The van der Waals surface area contributed by atoms with Crippen LogP contribution >= 0.6 is 0 Å². The molecule has 1 rings (SSSR count). The van der Waals surface area contributed by atoms with Gasteiger partial charge in [-0.05, 0) is 19.8 Å². The lowest BCUT2D eigenvalue weighted by Crippen LogP contribution is -2.29. The highest BCUT2D eigenvalue weighted by Crippen LogP contribution is 2.43. The summed E-state index contributed by atoms with van der Waals surface area (Å²) >= 11 is 0. The van der Waals surface area contributed by atoms with Crippen molar-refractivity contribution in [3.63, 3.8) is 0 Å². The van der Waals surface area contributed by atoms with Gasteiger partial charge in [0.1, 0.15) is 11.7 Å². The molecule has 1 aliphatic rings. The van der Waals surface area contributed by atoms with Gasteiger partial charge in [-0.15, -0.1) is 6.58 Å². The van der Waals surface area contributed by atoms with E-state index in [-0.39, 0.29) is 22.9 Å². The van der Waals surface area contributed by atoms with Crippen LogP contribution in [-0.4, -0.2) is 17.5 Å². The number of carbonyl (C=O) groups excluding carboxylic acids is 1. The maximum atomic E-state index is 11.9. The van der Waals surface area contributed by atoms with E-state index in [1.165, 1.54) is 0 Å². The fourth-order valence-corrected chi connectivity index (χ4v) is 1.54. The molecule has 0 saturated carbocycles. The molecule has 0 aromatic rings. The predicted molar refractivity (Wildman–Crippen MR) is 57.2 cm³/mol. The van der Waals surface area contributed by atoms with Gasteiger partial charge in [0.15, 0.2) is 5.78 Å². The zero-order chi connectivity index (χ0) is 11.0. The first kappa shape index (κ1) is 11.4. The van der Waals surface area contributed by atoms with Gasteiger partial charge in [0.2, 0.25) is 0 Å². The minimum atomic E-state index is -0.295. The fraction of sp³-hybridized carbons (Fsp3) is 0.750. The summed E-state index contributed by atoms with van der Waals surface area (Å²) in [5.41, 5.74) is -0.519. The van der Waals surface area contributed by atoms with Gasteiger partial charge in [0.05, 0.1) is 0 Å². The molecule has 2 atom stereocenters. The minimum absolute atomic E-state index is 0.192. The average molecular weight is 196 g/mol. The summed E-state index contributed by atoms with van der Waals surface area (Å²) in [6.07, 6.45) is 3.47. The highest BCUT2D eigenvalue weighted by atomic mass is 16.6. The van der Waals surface area contributed by atoms with Crippen molar-refractivity contribution in [2.45, 2.75) is 52.2 Å². The molecule has 1 unspecified atom stereocenters. The Balaban J connectivity index is 2.52. The highest BCUT2D eigenvalue weighted by molar-refractivity contribution is 5.91. The number of rotatable bonds is 4. The highest BCUT2D eigenvalue weighted by Gasteiger charge is 2.57. The third-order valence-electron chi connectivity index (χ3n) is 2.71. The zero-order valence-corrected chi connectivity index (χ0v) is 9.59. The van der Waals surface area contributed by atoms with E-state index >= 15 is 0 Å². The van der Waals surface area contributed by atoms with Gasteiger partial charge in [-0.3, -0.25) is 4.79 Å². The largest absolute Gasteiger partial charge is 0.358 e. The van der Waals surface area contributed by atoms with Gasteiger partial charge in [0.25, 0.3) is 0 Å². The van der Waals surface area contributed by atoms with Gasteiger partial charge in [0, 0.05) is 5.41 Å². The number of carbonyl (C=O) groups is 1. The SMILES string of the molecule is C=CCC[C@@]1(C)OC1C(=O)C(C)(C)C. The van der Waals surface area contributed by atoms with Gasteiger partial charge in [-0.2, -0.15) is 0 Å². The molecule has 1 fully saturated rings. The third-order valence-corrected chi connectivity index (χ3v) is 2.71.